The summed E-state index contributed by atoms with van der Waals surface area (Å²) in [7, 11) is 0. The first-order valence-electron chi connectivity index (χ1n) is 4.21. The monoisotopic (exact) mass is 224 g/mol. The second-order valence-corrected chi connectivity index (χ2v) is 2.79. The molecule has 0 aliphatic carbocycles. The number of aliphatic carboxylic acids is 1. The van der Waals surface area contributed by atoms with Gasteiger partial charge in [0.1, 0.15) is 17.9 Å². The maximum Gasteiger partial charge on any atom is 0.354 e. The molecular weight excluding hydrogens is 216 g/mol. The van der Waals surface area contributed by atoms with E-state index in [-0.39, 0.29) is 11.4 Å². The molecule has 0 saturated heterocycles. The molecule has 0 aliphatic heterocycles. The molecule has 0 aromatic carbocycles. The zero-order valence-electron chi connectivity index (χ0n) is 8.01. The Bertz CT molecular complexity index is 443. The quantitative estimate of drug-likeness (QED) is 0.640. The minimum atomic E-state index is -1.26. The molecule has 1 aromatic heterocycles. The lowest BCUT2D eigenvalue weighted by Crippen LogP contribution is -2.30. The molecule has 1 amide bonds. The molecule has 1 heterocycles. The first kappa shape index (κ1) is 11.6. The van der Waals surface area contributed by atoms with E-state index in [2.05, 4.69) is 10.3 Å². The summed E-state index contributed by atoms with van der Waals surface area (Å²) in [6.07, 6.45) is 0. The molecule has 7 nitrogen and oxygen atoms in total. The summed E-state index contributed by atoms with van der Waals surface area (Å²) in [5.74, 6) is -3.18. The molecule has 7 heteroatoms. The molecule has 1 aromatic rings. The largest absolute Gasteiger partial charge is 0.480 e. The van der Waals surface area contributed by atoms with E-state index in [4.69, 9.17) is 10.2 Å². The maximum atomic E-state index is 11.3. The highest BCUT2D eigenvalue weighted by Gasteiger charge is 2.11. The van der Waals surface area contributed by atoms with Gasteiger partial charge in [-0.3, -0.25) is 9.59 Å². The van der Waals surface area contributed by atoms with Gasteiger partial charge >= 0.3 is 11.9 Å². The number of pyridine rings is 1. The van der Waals surface area contributed by atoms with E-state index in [1.165, 1.54) is 18.2 Å². The second kappa shape index (κ2) is 4.87. The summed E-state index contributed by atoms with van der Waals surface area (Å²) in [4.78, 5) is 35.6. The Labute approximate surface area is 89.7 Å². The summed E-state index contributed by atoms with van der Waals surface area (Å²) < 4.78 is 0. The number of hydrogen-bond donors (Lipinski definition) is 3. The third-order valence-electron chi connectivity index (χ3n) is 1.60. The number of nitrogens with one attached hydrogen (secondary N) is 1. The molecule has 0 spiro atoms. The molecule has 0 saturated carbocycles. The number of carboxylic acid groups (broad SMARTS) is 2. The number of nitrogens with zero attached hydrogens (tertiary/aromatic N) is 1. The minimum absolute atomic E-state index is 0.138. The van der Waals surface area contributed by atoms with Crippen molar-refractivity contribution in [1.29, 1.82) is 0 Å². The van der Waals surface area contributed by atoms with E-state index < -0.39 is 24.4 Å². The number of amides is 1. The molecule has 16 heavy (non-hydrogen) atoms. The van der Waals surface area contributed by atoms with Crippen LogP contribution in [0.4, 0.5) is 0 Å². The van der Waals surface area contributed by atoms with Crippen LogP contribution in [-0.2, 0) is 4.79 Å². The Morgan fingerprint density at radius 3 is 2.38 bits per heavy atom. The van der Waals surface area contributed by atoms with Crippen LogP contribution >= 0.6 is 0 Å². The Hall–Kier alpha value is -2.44. The molecule has 1 rings (SSSR count). The van der Waals surface area contributed by atoms with Gasteiger partial charge in [0.15, 0.2) is 0 Å². The van der Waals surface area contributed by atoms with Crippen molar-refractivity contribution in [2.24, 2.45) is 0 Å². The first-order valence-corrected chi connectivity index (χ1v) is 4.21. The van der Waals surface area contributed by atoms with E-state index in [0.29, 0.717) is 0 Å². The normalized spacial score (nSPS) is 9.50. The third kappa shape index (κ3) is 3.05. The van der Waals surface area contributed by atoms with Gasteiger partial charge in [0.2, 0.25) is 0 Å². The van der Waals surface area contributed by atoms with Crippen molar-refractivity contribution in [2.45, 2.75) is 0 Å². The van der Waals surface area contributed by atoms with Gasteiger partial charge in [-0.1, -0.05) is 6.07 Å². The molecule has 0 unspecified atom stereocenters. The number of carboxylic acids is 2. The van der Waals surface area contributed by atoms with E-state index >= 15 is 0 Å². The molecule has 84 valence electrons. The van der Waals surface area contributed by atoms with Crippen molar-refractivity contribution < 1.29 is 24.6 Å². The number of carbonyl (C=O) groups excluding carboxylic acids is 1. The van der Waals surface area contributed by atoms with Gasteiger partial charge in [0, 0.05) is 0 Å². The van der Waals surface area contributed by atoms with E-state index in [9.17, 15) is 14.4 Å². The highest BCUT2D eigenvalue weighted by Crippen LogP contribution is 1.99. The fourth-order valence-corrected chi connectivity index (χ4v) is 0.927. The van der Waals surface area contributed by atoms with E-state index in [1.807, 2.05) is 0 Å². The van der Waals surface area contributed by atoms with Crippen LogP contribution in [-0.4, -0.2) is 39.6 Å². The Morgan fingerprint density at radius 2 is 1.81 bits per heavy atom. The van der Waals surface area contributed by atoms with Gasteiger partial charge in [-0.2, -0.15) is 0 Å². The van der Waals surface area contributed by atoms with Gasteiger partial charge in [0.25, 0.3) is 5.91 Å². The molecule has 0 bridgehead atoms. The molecule has 3 N–H and O–H groups in total. The van der Waals surface area contributed by atoms with Crippen LogP contribution in [0.15, 0.2) is 18.2 Å². The van der Waals surface area contributed by atoms with E-state index in [1.54, 1.807) is 0 Å². The zero-order valence-corrected chi connectivity index (χ0v) is 8.01. The van der Waals surface area contributed by atoms with Gasteiger partial charge in [0.05, 0.1) is 0 Å². The van der Waals surface area contributed by atoms with Gasteiger partial charge in [-0.15, -0.1) is 0 Å². The number of hydrogen-bond acceptors (Lipinski definition) is 4. The van der Waals surface area contributed by atoms with Crippen LogP contribution in [0.3, 0.4) is 0 Å². The summed E-state index contributed by atoms with van der Waals surface area (Å²) >= 11 is 0. The summed E-state index contributed by atoms with van der Waals surface area (Å²) in [6, 6.07) is 3.88. The Morgan fingerprint density at radius 1 is 1.19 bits per heavy atom. The van der Waals surface area contributed by atoms with E-state index in [0.717, 1.165) is 0 Å². The molecule has 0 aliphatic rings. The Balaban J connectivity index is 2.79. The third-order valence-corrected chi connectivity index (χ3v) is 1.60. The maximum absolute atomic E-state index is 11.3. The van der Waals surface area contributed by atoms with Crippen molar-refractivity contribution in [1.82, 2.24) is 10.3 Å². The average Bonchev–Trinajstić information content (AvgIpc) is 2.26. The lowest BCUT2D eigenvalue weighted by molar-refractivity contribution is -0.135. The predicted molar refractivity (Wildman–Crippen MR) is 51.2 cm³/mol. The zero-order chi connectivity index (χ0) is 12.1. The minimum Gasteiger partial charge on any atom is -0.480 e. The number of rotatable bonds is 4. The SMILES string of the molecule is O=C(O)CNC(=O)c1cccc(C(=O)O)n1. The van der Waals surface area contributed by atoms with Crippen LogP contribution in [0.25, 0.3) is 0 Å². The standard InChI is InChI=1S/C9H8N2O5/c12-7(13)4-10-8(14)5-2-1-3-6(11-5)9(15)16/h1-3H,4H2,(H,10,14)(H,12,13)(H,15,16). The topological polar surface area (TPSA) is 117 Å². The van der Waals surface area contributed by atoms with Gasteiger partial charge < -0.3 is 15.5 Å². The summed E-state index contributed by atoms with van der Waals surface area (Å²) in [5.41, 5.74) is -0.413. The summed E-state index contributed by atoms with van der Waals surface area (Å²) in [6.45, 7) is -0.544. The highest BCUT2D eigenvalue weighted by molar-refractivity contribution is 5.95. The van der Waals surface area contributed by atoms with Crippen molar-refractivity contribution >= 4 is 17.8 Å². The fourth-order valence-electron chi connectivity index (χ4n) is 0.927. The van der Waals surface area contributed by atoms with Crippen molar-refractivity contribution in [2.75, 3.05) is 6.54 Å². The Kier molecular flexibility index (Phi) is 3.54. The summed E-state index contributed by atoms with van der Waals surface area (Å²) in [5, 5.41) is 19.0. The lowest BCUT2D eigenvalue weighted by Gasteiger charge is -2.01. The van der Waals surface area contributed by atoms with Gasteiger partial charge in [-0.05, 0) is 12.1 Å². The highest BCUT2D eigenvalue weighted by atomic mass is 16.4. The molecule has 0 atom stereocenters. The van der Waals surface area contributed by atoms with Crippen molar-refractivity contribution in [3.63, 3.8) is 0 Å². The average molecular weight is 224 g/mol. The number of carbonyl (C=O) groups is 3. The van der Waals surface area contributed by atoms with Crippen molar-refractivity contribution in [3.8, 4) is 0 Å². The fraction of sp³-hybridized carbons (Fsp3) is 0.111. The van der Waals surface area contributed by atoms with Crippen LogP contribution < -0.4 is 5.32 Å². The number of aromatic carboxylic acids is 1. The van der Waals surface area contributed by atoms with Crippen LogP contribution in [0.5, 0.6) is 0 Å². The predicted octanol–water partition coefficient (Wildman–Crippen LogP) is -0.406. The second-order valence-electron chi connectivity index (χ2n) is 2.79. The van der Waals surface area contributed by atoms with Crippen LogP contribution in [0.2, 0.25) is 0 Å². The molecule has 0 radical (unpaired) electrons. The van der Waals surface area contributed by atoms with Crippen LogP contribution in [0, 0.1) is 0 Å². The van der Waals surface area contributed by atoms with Gasteiger partial charge in [-0.25, -0.2) is 9.78 Å². The van der Waals surface area contributed by atoms with Crippen molar-refractivity contribution in [3.05, 3.63) is 29.6 Å². The first-order chi connectivity index (χ1) is 7.50. The smallest absolute Gasteiger partial charge is 0.354 e. The number of aromatic nitrogens is 1. The lowest BCUT2D eigenvalue weighted by atomic mass is 10.3. The van der Waals surface area contributed by atoms with Crippen LogP contribution in [0.1, 0.15) is 21.0 Å². The molecule has 0 fully saturated rings. The molecular formula is C9H8N2O5.